The van der Waals surface area contributed by atoms with Gasteiger partial charge in [-0.15, -0.1) is 0 Å². The first kappa shape index (κ1) is 33.4. The third-order valence-electron chi connectivity index (χ3n) is 5.34. The summed E-state index contributed by atoms with van der Waals surface area (Å²) in [6.07, 6.45) is 3.28. The van der Waals surface area contributed by atoms with Crippen molar-refractivity contribution in [1.29, 1.82) is 0 Å². The molecule has 1 N–H and O–H groups in total. The van der Waals surface area contributed by atoms with Gasteiger partial charge in [-0.3, -0.25) is 9.59 Å². The van der Waals surface area contributed by atoms with E-state index in [9.17, 15) is 14.4 Å². The van der Waals surface area contributed by atoms with Gasteiger partial charge in [0.2, 0.25) is 6.79 Å². The number of amides is 1. The SMILES string of the molecule is CCCOC(CC)CC(C)OC(=O)C(C)NC(=O)c1nccc(OC)c1OCOC(C)=O.Cc1ccccc1. The van der Waals surface area contributed by atoms with Crippen molar-refractivity contribution >= 4 is 17.8 Å². The van der Waals surface area contributed by atoms with Gasteiger partial charge in [-0.05, 0) is 33.6 Å². The van der Waals surface area contributed by atoms with Gasteiger partial charge >= 0.3 is 11.9 Å². The molecule has 1 aromatic heterocycles. The van der Waals surface area contributed by atoms with Crippen molar-refractivity contribution in [2.75, 3.05) is 20.5 Å². The highest BCUT2D eigenvalue weighted by molar-refractivity contribution is 5.98. The molecule has 0 saturated heterocycles. The van der Waals surface area contributed by atoms with E-state index in [-0.39, 0.29) is 29.4 Å². The average Bonchev–Trinajstić information content (AvgIpc) is 2.91. The zero-order valence-electron chi connectivity index (χ0n) is 24.0. The Morgan fingerprint density at radius 3 is 2.28 bits per heavy atom. The fourth-order valence-corrected chi connectivity index (χ4v) is 3.28. The van der Waals surface area contributed by atoms with Crippen LogP contribution in [-0.4, -0.2) is 61.6 Å². The molecule has 3 unspecified atom stereocenters. The molecule has 3 atom stereocenters. The van der Waals surface area contributed by atoms with Crippen molar-refractivity contribution in [3.63, 3.8) is 0 Å². The van der Waals surface area contributed by atoms with Crippen LogP contribution in [0.3, 0.4) is 0 Å². The fraction of sp³-hybridized carbons (Fsp3) is 0.517. The lowest BCUT2D eigenvalue weighted by atomic mass is 10.1. The van der Waals surface area contributed by atoms with Crippen LogP contribution in [0.15, 0.2) is 42.6 Å². The average molecular weight is 547 g/mol. The molecule has 0 bridgehead atoms. The van der Waals surface area contributed by atoms with Crippen molar-refractivity contribution in [2.45, 2.75) is 79.1 Å². The summed E-state index contributed by atoms with van der Waals surface area (Å²) in [7, 11) is 1.39. The molecule has 216 valence electrons. The van der Waals surface area contributed by atoms with E-state index in [0.29, 0.717) is 13.0 Å². The van der Waals surface area contributed by atoms with Crippen molar-refractivity contribution in [3.05, 3.63) is 53.9 Å². The summed E-state index contributed by atoms with van der Waals surface area (Å²) in [5.41, 5.74) is 1.20. The van der Waals surface area contributed by atoms with Crippen LogP contribution < -0.4 is 14.8 Å². The third-order valence-corrected chi connectivity index (χ3v) is 5.34. The molecule has 0 aliphatic heterocycles. The van der Waals surface area contributed by atoms with E-state index < -0.39 is 30.7 Å². The van der Waals surface area contributed by atoms with Crippen molar-refractivity contribution in [1.82, 2.24) is 10.3 Å². The largest absolute Gasteiger partial charge is 0.493 e. The van der Waals surface area contributed by atoms with Crippen LogP contribution >= 0.6 is 0 Å². The maximum atomic E-state index is 12.7. The number of esters is 2. The zero-order chi connectivity index (χ0) is 29.2. The lowest BCUT2D eigenvalue weighted by molar-refractivity contribution is -0.152. The smallest absolute Gasteiger partial charge is 0.328 e. The summed E-state index contributed by atoms with van der Waals surface area (Å²) in [4.78, 5) is 40.2. The van der Waals surface area contributed by atoms with Gasteiger partial charge in [0.15, 0.2) is 17.2 Å². The summed E-state index contributed by atoms with van der Waals surface area (Å²) in [5.74, 6) is -1.59. The molecule has 0 fully saturated rings. The molecule has 10 nitrogen and oxygen atoms in total. The summed E-state index contributed by atoms with van der Waals surface area (Å²) in [6.45, 7) is 10.9. The van der Waals surface area contributed by atoms with Gasteiger partial charge in [0.05, 0.1) is 13.2 Å². The van der Waals surface area contributed by atoms with Gasteiger partial charge in [0, 0.05) is 32.2 Å². The number of carbonyl (C=O) groups is 3. The summed E-state index contributed by atoms with van der Waals surface area (Å²) in [6, 6.07) is 10.8. The first-order valence-corrected chi connectivity index (χ1v) is 13.1. The number of nitrogens with zero attached hydrogens (tertiary/aromatic N) is 1. The second-order valence-electron chi connectivity index (χ2n) is 8.82. The molecule has 0 aliphatic rings. The number of benzene rings is 1. The first-order chi connectivity index (χ1) is 18.6. The molecule has 0 radical (unpaired) electrons. The van der Waals surface area contributed by atoms with Crippen LogP contribution in [0.5, 0.6) is 11.5 Å². The lowest BCUT2D eigenvalue weighted by Crippen LogP contribution is -2.41. The Morgan fingerprint density at radius 1 is 1.05 bits per heavy atom. The van der Waals surface area contributed by atoms with E-state index in [1.165, 1.54) is 38.8 Å². The predicted molar refractivity (Wildman–Crippen MR) is 147 cm³/mol. The van der Waals surface area contributed by atoms with E-state index in [0.717, 1.165) is 12.8 Å². The van der Waals surface area contributed by atoms with Gasteiger partial charge < -0.3 is 29.0 Å². The summed E-state index contributed by atoms with van der Waals surface area (Å²) >= 11 is 0. The Morgan fingerprint density at radius 2 is 1.74 bits per heavy atom. The number of rotatable bonds is 14. The third kappa shape index (κ3) is 13.1. The molecule has 0 spiro atoms. The lowest BCUT2D eigenvalue weighted by Gasteiger charge is -2.22. The van der Waals surface area contributed by atoms with Crippen molar-refractivity contribution in [3.8, 4) is 11.5 Å². The van der Waals surface area contributed by atoms with E-state index >= 15 is 0 Å². The van der Waals surface area contributed by atoms with E-state index in [2.05, 4.69) is 29.4 Å². The Balaban J connectivity index is 0.000000934. The number of pyridine rings is 1. The van der Waals surface area contributed by atoms with Gasteiger partial charge in [0.1, 0.15) is 12.1 Å². The number of ether oxygens (including phenoxy) is 5. The van der Waals surface area contributed by atoms with Crippen LogP contribution in [0.2, 0.25) is 0 Å². The molecule has 2 aromatic rings. The van der Waals surface area contributed by atoms with Crippen LogP contribution in [0.4, 0.5) is 0 Å². The number of hydrogen-bond acceptors (Lipinski definition) is 9. The standard InChI is InChI=1S/C22H34N2O8.C7H8/c1-7-11-29-17(8-2)12-14(3)32-22(27)15(4)24-21(26)19-20(31-13-30-16(5)25)18(28-6)9-10-23-19;1-7-5-3-2-4-6-7/h9-10,14-15,17H,7-8,11-13H2,1-6H3,(H,24,26);2-6H,1H3. The highest BCUT2D eigenvalue weighted by Crippen LogP contribution is 2.29. The fourth-order valence-electron chi connectivity index (χ4n) is 3.28. The molecule has 0 saturated carbocycles. The highest BCUT2D eigenvalue weighted by atomic mass is 16.7. The molecule has 2 rings (SSSR count). The summed E-state index contributed by atoms with van der Waals surface area (Å²) in [5, 5.41) is 2.54. The van der Waals surface area contributed by atoms with E-state index in [1.807, 2.05) is 32.0 Å². The number of aromatic nitrogens is 1. The molecular weight excluding hydrogens is 504 g/mol. The van der Waals surface area contributed by atoms with E-state index in [4.69, 9.17) is 23.7 Å². The van der Waals surface area contributed by atoms with Crippen LogP contribution in [0, 0.1) is 6.92 Å². The molecular formula is C29H42N2O8. The Labute approximate surface area is 231 Å². The number of carbonyl (C=O) groups excluding carboxylic acids is 3. The molecule has 10 heteroatoms. The minimum atomic E-state index is -0.934. The molecule has 1 heterocycles. The number of nitrogens with one attached hydrogen (secondary N) is 1. The Bertz CT molecular complexity index is 1020. The number of aryl methyl sites for hydroxylation is 1. The maximum Gasteiger partial charge on any atom is 0.328 e. The van der Waals surface area contributed by atoms with Gasteiger partial charge in [-0.1, -0.05) is 49.7 Å². The quantitative estimate of drug-likeness (QED) is 0.267. The van der Waals surface area contributed by atoms with Gasteiger partial charge in [-0.2, -0.15) is 0 Å². The van der Waals surface area contributed by atoms with Crippen LogP contribution in [0.25, 0.3) is 0 Å². The minimum Gasteiger partial charge on any atom is -0.493 e. The zero-order valence-corrected chi connectivity index (χ0v) is 24.0. The van der Waals surface area contributed by atoms with E-state index in [1.54, 1.807) is 6.92 Å². The van der Waals surface area contributed by atoms with Crippen molar-refractivity contribution in [2.24, 2.45) is 0 Å². The monoisotopic (exact) mass is 546 g/mol. The Kier molecular flexibility index (Phi) is 15.9. The van der Waals surface area contributed by atoms with Crippen molar-refractivity contribution < 1.29 is 38.1 Å². The molecule has 39 heavy (non-hydrogen) atoms. The second-order valence-corrected chi connectivity index (χ2v) is 8.82. The Hall–Kier alpha value is -3.66. The topological polar surface area (TPSA) is 122 Å². The molecule has 1 aromatic carbocycles. The molecule has 0 aliphatic carbocycles. The highest BCUT2D eigenvalue weighted by Gasteiger charge is 2.25. The van der Waals surface area contributed by atoms with Gasteiger partial charge in [-0.25, -0.2) is 9.78 Å². The minimum absolute atomic E-state index is 0.000518. The second kappa shape index (κ2) is 18.6. The van der Waals surface area contributed by atoms with Crippen LogP contribution in [0.1, 0.15) is 69.9 Å². The van der Waals surface area contributed by atoms with Gasteiger partial charge in [0.25, 0.3) is 5.91 Å². The number of methoxy groups -OCH3 is 1. The molecule has 1 amide bonds. The summed E-state index contributed by atoms with van der Waals surface area (Å²) < 4.78 is 26.5. The maximum absolute atomic E-state index is 12.7. The number of hydrogen-bond donors (Lipinski definition) is 1. The van der Waals surface area contributed by atoms with Crippen LogP contribution in [-0.2, 0) is 23.8 Å². The predicted octanol–water partition coefficient (Wildman–Crippen LogP) is 4.63. The normalized spacial score (nSPS) is 12.6. The first-order valence-electron chi connectivity index (χ1n) is 13.1.